The van der Waals surface area contributed by atoms with Crippen molar-refractivity contribution in [3.05, 3.63) is 35.9 Å². The molecule has 4 nitrogen and oxygen atoms in total. The lowest BCUT2D eigenvalue weighted by molar-refractivity contribution is -0.122. The van der Waals surface area contributed by atoms with Crippen molar-refractivity contribution in [2.24, 2.45) is 4.99 Å². The summed E-state index contributed by atoms with van der Waals surface area (Å²) < 4.78 is 5.72. The van der Waals surface area contributed by atoms with Crippen molar-refractivity contribution in [1.29, 1.82) is 0 Å². The van der Waals surface area contributed by atoms with Gasteiger partial charge in [0.05, 0.1) is 0 Å². The van der Waals surface area contributed by atoms with Crippen LogP contribution in [0.25, 0.3) is 0 Å². The van der Waals surface area contributed by atoms with Crippen molar-refractivity contribution >= 4 is 23.7 Å². The molecular formula is C13H14N2O2S. The molecule has 2 aliphatic heterocycles. The number of rotatable bonds is 1. The quantitative estimate of drug-likeness (QED) is 0.772. The van der Waals surface area contributed by atoms with Gasteiger partial charge in [0.2, 0.25) is 6.10 Å². The van der Waals surface area contributed by atoms with Gasteiger partial charge in [-0.2, -0.15) is 16.8 Å². The van der Waals surface area contributed by atoms with Gasteiger partial charge in [0, 0.05) is 30.2 Å². The van der Waals surface area contributed by atoms with Gasteiger partial charge in [-0.25, -0.2) is 0 Å². The van der Waals surface area contributed by atoms with E-state index < -0.39 is 6.10 Å². The highest BCUT2D eigenvalue weighted by Crippen LogP contribution is 2.26. The van der Waals surface area contributed by atoms with Crippen molar-refractivity contribution in [2.45, 2.75) is 6.10 Å². The fourth-order valence-corrected chi connectivity index (χ4v) is 2.98. The summed E-state index contributed by atoms with van der Waals surface area (Å²) in [6.45, 7) is 1.80. The summed E-state index contributed by atoms with van der Waals surface area (Å²) in [4.78, 5) is 18.0. The molecule has 1 aromatic rings. The highest BCUT2D eigenvalue weighted by Gasteiger charge is 2.33. The Bertz CT molecular complexity index is 469. The minimum atomic E-state index is -0.559. The molecule has 0 spiro atoms. The number of carbonyl (C=O) groups excluding carboxylic acids is 1. The third-order valence-electron chi connectivity index (χ3n) is 3.04. The molecule has 0 bridgehead atoms. The smallest absolute Gasteiger partial charge is 0.296 e. The maximum atomic E-state index is 11.9. The molecule has 1 aromatic carbocycles. The standard InChI is InChI=1S/C13H14N2O2S/c16-12-11(10-4-2-1-3-5-10)17-13(14-12)15-6-8-18-9-7-15/h1-5,11H,6-9H2/t11-/m0/s1. The molecule has 0 aromatic heterocycles. The zero-order valence-corrected chi connectivity index (χ0v) is 10.7. The molecule has 0 N–H and O–H groups in total. The van der Waals surface area contributed by atoms with E-state index in [0.717, 1.165) is 30.2 Å². The molecule has 1 fully saturated rings. The summed E-state index contributed by atoms with van der Waals surface area (Å²) in [5, 5.41) is 0. The van der Waals surface area contributed by atoms with Gasteiger partial charge in [-0.15, -0.1) is 0 Å². The average Bonchev–Trinajstić information content (AvgIpc) is 2.83. The summed E-state index contributed by atoms with van der Waals surface area (Å²) in [6, 6.07) is 10.0. The van der Waals surface area contributed by atoms with Crippen LogP contribution in [0.4, 0.5) is 0 Å². The summed E-state index contributed by atoms with van der Waals surface area (Å²) in [7, 11) is 0. The Hall–Kier alpha value is -1.49. The summed E-state index contributed by atoms with van der Waals surface area (Å²) in [5.41, 5.74) is 0.868. The Morgan fingerprint density at radius 2 is 1.94 bits per heavy atom. The Kier molecular flexibility index (Phi) is 3.23. The van der Waals surface area contributed by atoms with Crippen LogP contribution in [0.15, 0.2) is 35.3 Å². The number of carbonyl (C=O) groups is 1. The van der Waals surface area contributed by atoms with Crippen LogP contribution in [-0.4, -0.2) is 41.4 Å². The predicted octanol–water partition coefficient (Wildman–Crippen LogP) is 1.69. The van der Waals surface area contributed by atoms with E-state index in [1.807, 2.05) is 42.1 Å². The van der Waals surface area contributed by atoms with Crippen LogP contribution < -0.4 is 0 Å². The van der Waals surface area contributed by atoms with Gasteiger partial charge in [0.1, 0.15) is 0 Å². The lowest BCUT2D eigenvalue weighted by Crippen LogP contribution is -2.38. The first kappa shape index (κ1) is 11.6. The molecule has 1 saturated heterocycles. The number of aliphatic imine (C=N–C) groups is 1. The zero-order chi connectivity index (χ0) is 12.4. The number of thioether (sulfide) groups is 1. The van der Waals surface area contributed by atoms with E-state index in [2.05, 4.69) is 9.89 Å². The van der Waals surface area contributed by atoms with Crippen molar-refractivity contribution in [1.82, 2.24) is 4.90 Å². The minimum absolute atomic E-state index is 0.200. The number of amides is 1. The van der Waals surface area contributed by atoms with Gasteiger partial charge < -0.3 is 9.64 Å². The monoisotopic (exact) mass is 262 g/mol. The van der Waals surface area contributed by atoms with E-state index in [0.29, 0.717) is 6.02 Å². The van der Waals surface area contributed by atoms with E-state index in [1.54, 1.807) is 0 Å². The normalized spacial score (nSPS) is 23.8. The average molecular weight is 262 g/mol. The van der Waals surface area contributed by atoms with E-state index in [4.69, 9.17) is 4.74 Å². The van der Waals surface area contributed by atoms with E-state index in [1.165, 1.54) is 0 Å². The van der Waals surface area contributed by atoms with Crippen LogP contribution in [0.1, 0.15) is 11.7 Å². The second-order valence-corrected chi connectivity index (χ2v) is 5.47. The van der Waals surface area contributed by atoms with E-state index >= 15 is 0 Å². The fraction of sp³-hybridized carbons (Fsp3) is 0.385. The lowest BCUT2D eigenvalue weighted by atomic mass is 10.1. The molecule has 94 valence electrons. The van der Waals surface area contributed by atoms with Crippen molar-refractivity contribution in [2.75, 3.05) is 24.6 Å². The third kappa shape index (κ3) is 2.22. The molecule has 0 saturated carbocycles. The molecular weight excluding hydrogens is 248 g/mol. The third-order valence-corrected chi connectivity index (χ3v) is 3.98. The number of nitrogens with zero attached hydrogens (tertiary/aromatic N) is 2. The topological polar surface area (TPSA) is 41.9 Å². The van der Waals surface area contributed by atoms with E-state index in [-0.39, 0.29) is 5.91 Å². The Morgan fingerprint density at radius 3 is 2.67 bits per heavy atom. The van der Waals surface area contributed by atoms with Crippen molar-refractivity contribution in [3.63, 3.8) is 0 Å². The van der Waals surface area contributed by atoms with Crippen molar-refractivity contribution < 1.29 is 9.53 Å². The molecule has 18 heavy (non-hydrogen) atoms. The first-order valence-corrected chi connectivity index (χ1v) is 7.17. The van der Waals surface area contributed by atoms with Gasteiger partial charge in [-0.3, -0.25) is 4.79 Å². The van der Waals surface area contributed by atoms with Gasteiger partial charge in [0.25, 0.3) is 11.9 Å². The minimum Gasteiger partial charge on any atom is -0.446 e. The summed E-state index contributed by atoms with van der Waals surface area (Å²) in [6.07, 6.45) is -0.559. The summed E-state index contributed by atoms with van der Waals surface area (Å²) in [5.74, 6) is 1.92. The number of amidine groups is 1. The summed E-state index contributed by atoms with van der Waals surface area (Å²) >= 11 is 1.92. The molecule has 0 aliphatic carbocycles. The van der Waals surface area contributed by atoms with E-state index in [9.17, 15) is 4.79 Å². The Morgan fingerprint density at radius 1 is 1.22 bits per heavy atom. The predicted molar refractivity (Wildman–Crippen MR) is 71.6 cm³/mol. The number of ether oxygens (including phenoxy) is 1. The van der Waals surface area contributed by atoms with Crippen LogP contribution in [0.2, 0.25) is 0 Å². The molecule has 0 unspecified atom stereocenters. The largest absolute Gasteiger partial charge is 0.446 e. The maximum absolute atomic E-state index is 11.9. The Labute approximate surface area is 110 Å². The molecule has 1 amide bonds. The highest BCUT2D eigenvalue weighted by molar-refractivity contribution is 7.99. The zero-order valence-electron chi connectivity index (χ0n) is 9.91. The lowest BCUT2D eigenvalue weighted by Gasteiger charge is -2.27. The second-order valence-electron chi connectivity index (χ2n) is 4.24. The first-order valence-electron chi connectivity index (χ1n) is 6.01. The van der Waals surface area contributed by atoms with Gasteiger partial charge in [-0.1, -0.05) is 30.3 Å². The molecule has 1 atom stereocenters. The molecule has 0 radical (unpaired) electrons. The molecule has 3 rings (SSSR count). The number of benzene rings is 1. The molecule has 2 heterocycles. The highest BCUT2D eigenvalue weighted by atomic mass is 32.2. The van der Waals surface area contributed by atoms with Crippen LogP contribution >= 0.6 is 11.8 Å². The molecule has 2 aliphatic rings. The molecule has 5 heteroatoms. The van der Waals surface area contributed by atoms with Crippen LogP contribution in [0, 0.1) is 0 Å². The van der Waals surface area contributed by atoms with Gasteiger partial charge in [-0.05, 0) is 0 Å². The fourth-order valence-electron chi connectivity index (χ4n) is 2.07. The van der Waals surface area contributed by atoms with Gasteiger partial charge >= 0.3 is 0 Å². The number of hydrogen-bond donors (Lipinski definition) is 0. The number of hydrogen-bond acceptors (Lipinski definition) is 4. The van der Waals surface area contributed by atoms with Crippen LogP contribution in [-0.2, 0) is 9.53 Å². The SMILES string of the molecule is O=C1N=C(N2CCSCC2)O[C@H]1c1ccccc1. The van der Waals surface area contributed by atoms with Crippen molar-refractivity contribution in [3.8, 4) is 0 Å². The maximum Gasteiger partial charge on any atom is 0.296 e. The second kappa shape index (κ2) is 5.02. The Balaban J connectivity index is 1.74. The van der Waals surface area contributed by atoms with Gasteiger partial charge in [0.15, 0.2) is 0 Å². The van der Waals surface area contributed by atoms with Crippen LogP contribution in [0.3, 0.4) is 0 Å². The first-order chi connectivity index (χ1) is 8.84. The van der Waals surface area contributed by atoms with Crippen LogP contribution in [0.5, 0.6) is 0 Å².